The van der Waals surface area contributed by atoms with Crippen molar-refractivity contribution in [1.82, 2.24) is 20.5 Å². The summed E-state index contributed by atoms with van der Waals surface area (Å²) in [5, 5.41) is 23.4. The van der Waals surface area contributed by atoms with E-state index in [1.165, 1.54) is 0 Å². The van der Waals surface area contributed by atoms with E-state index < -0.39 is 19.1 Å². The van der Waals surface area contributed by atoms with Crippen molar-refractivity contribution in [2.24, 2.45) is 0 Å². The molecule has 1 fully saturated rings. The van der Waals surface area contributed by atoms with Crippen molar-refractivity contribution in [3.63, 3.8) is 0 Å². The Morgan fingerprint density at radius 3 is 2.87 bits per heavy atom. The van der Waals surface area contributed by atoms with Gasteiger partial charge in [0, 0.05) is 38.0 Å². The molecule has 0 bridgehead atoms. The van der Waals surface area contributed by atoms with Crippen LogP contribution in [0, 0.1) is 0 Å². The summed E-state index contributed by atoms with van der Waals surface area (Å²) in [4.78, 5) is 2.04. The Hall–Kier alpha value is -0.930. The van der Waals surface area contributed by atoms with Gasteiger partial charge in [-0.2, -0.15) is 0 Å². The second-order valence-electron chi connectivity index (χ2n) is 6.53. The fourth-order valence-electron chi connectivity index (χ4n) is 3.10. The largest absolute Gasteiger partial charge is 0.386 e. The van der Waals surface area contributed by atoms with Gasteiger partial charge >= 0.3 is 0 Å². The van der Waals surface area contributed by atoms with E-state index in [9.17, 15) is 14.6 Å². The molecule has 0 aromatic rings. The van der Waals surface area contributed by atoms with Gasteiger partial charge in [0.15, 0.2) is 6.29 Å². The first-order chi connectivity index (χ1) is 10.8. The third-order valence-corrected chi connectivity index (χ3v) is 4.55. The topological polar surface area (TPSA) is 71.4 Å². The summed E-state index contributed by atoms with van der Waals surface area (Å²) >= 11 is 0. The lowest BCUT2D eigenvalue weighted by molar-refractivity contribution is -0.231. The van der Waals surface area contributed by atoms with Crippen molar-refractivity contribution in [3.8, 4) is 0 Å². The number of nitrogens with one attached hydrogen (secondary N) is 1. The monoisotopic (exact) mass is 332 g/mol. The van der Waals surface area contributed by atoms with Crippen LogP contribution in [0.4, 0.5) is 4.39 Å². The summed E-state index contributed by atoms with van der Waals surface area (Å²) in [6.45, 7) is 4.01. The normalized spacial score (nSPS) is 33.7. The summed E-state index contributed by atoms with van der Waals surface area (Å²) in [6, 6.07) is -0.356. The summed E-state index contributed by atoms with van der Waals surface area (Å²) in [6.07, 6.45) is 1.19. The minimum Gasteiger partial charge on any atom is -0.386 e. The zero-order valence-electron chi connectivity index (χ0n) is 14.3. The molecule has 134 valence electrons. The van der Waals surface area contributed by atoms with Gasteiger partial charge in [-0.05, 0) is 27.3 Å². The summed E-state index contributed by atoms with van der Waals surface area (Å²) in [7, 11) is 3.78. The van der Waals surface area contributed by atoms with Crippen molar-refractivity contribution in [2.45, 2.75) is 57.3 Å². The molecule has 3 N–H and O–H groups in total. The van der Waals surface area contributed by atoms with E-state index in [4.69, 9.17) is 4.74 Å². The summed E-state index contributed by atoms with van der Waals surface area (Å²) in [5.74, 6) is 0. The quantitative estimate of drug-likeness (QED) is 0.634. The van der Waals surface area contributed by atoms with Gasteiger partial charge < -0.3 is 25.3 Å². The van der Waals surface area contributed by atoms with Crippen molar-refractivity contribution in [3.05, 3.63) is 11.9 Å². The van der Waals surface area contributed by atoms with Gasteiger partial charge in [-0.25, -0.2) is 4.39 Å². The highest BCUT2D eigenvalue weighted by atomic mass is 19.1. The van der Waals surface area contributed by atoms with E-state index in [0.717, 1.165) is 12.1 Å². The molecular formula is C15H29FN4O3. The Morgan fingerprint density at radius 1 is 1.52 bits per heavy atom. The predicted molar refractivity (Wildman–Crippen MR) is 84.5 cm³/mol. The first-order valence-electron chi connectivity index (χ1n) is 8.10. The molecule has 0 saturated carbocycles. The molecule has 0 aromatic carbocycles. The van der Waals surface area contributed by atoms with Crippen molar-refractivity contribution in [1.29, 1.82) is 0 Å². The smallest absolute Gasteiger partial charge is 0.182 e. The lowest BCUT2D eigenvalue weighted by atomic mass is 9.99. The predicted octanol–water partition coefficient (Wildman–Crippen LogP) is 0.0314. The molecule has 0 aromatic heterocycles. The van der Waals surface area contributed by atoms with Crippen LogP contribution in [0.5, 0.6) is 0 Å². The highest BCUT2D eigenvalue weighted by molar-refractivity contribution is 5.04. The SMILES string of the molecule is CC1CC(N(C)CCC2=CN(C(C)CF)N(C)N2)C(O)C(O)O1. The number of alkyl halides is 1. The van der Waals surface area contributed by atoms with Crippen LogP contribution in [0.3, 0.4) is 0 Å². The van der Waals surface area contributed by atoms with Gasteiger partial charge in [-0.15, -0.1) is 5.12 Å². The average Bonchev–Trinajstić information content (AvgIpc) is 2.88. The van der Waals surface area contributed by atoms with Crippen molar-refractivity contribution in [2.75, 3.05) is 27.3 Å². The van der Waals surface area contributed by atoms with Crippen molar-refractivity contribution < 1.29 is 19.3 Å². The molecule has 0 amide bonds. The zero-order chi connectivity index (χ0) is 17.1. The second-order valence-corrected chi connectivity index (χ2v) is 6.53. The van der Waals surface area contributed by atoms with Crippen LogP contribution >= 0.6 is 0 Å². The highest BCUT2D eigenvalue weighted by Crippen LogP contribution is 2.23. The number of aliphatic hydroxyl groups excluding tert-OH is 2. The van der Waals surface area contributed by atoms with Crippen molar-refractivity contribution >= 4 is 0 Å². The maximum atomic E-state index is 12.8. The molecule has 2 heterocycles. The first-order valence-corrected chi connectivity index (χ1v) is 8.10. The molecule has 2 aliphatic rings. The number of halogens is 1. The lowest BCUT2D eigenvalue weighted by Gasteiger charge is -2.40. The number of likely N-dealkylation sites (N-methyl/N-ethyl adjacent to an activating group) is 1. The zero-order valence-corrected chi connectivity index (χ0v) is 14.3. The van der Waals surface area contributed by atoms with Gasteiger partial charge in [0.05, 0.1) is 12.1 Å². The molecule has 2 rings (SSSR count). The lowest BCUT2D eigenvalue weighted by Crippen LogP contribution is -2.54. The van der Waals surface area contributed by atoms with Crippen LogP contribution < -0.4 is 5.43 Å². The van der Waals surface area contributed by atoms with Gasteiger partial charge in [0.25, 0.3) is 0 Å². The van der Waals surface area contributed by atoms with Gasteiger partial charge in [-0.1, -0.05) is 0 Å². The van der Waals surface area contributed by atoms with Gasteiger partial charge in [-0.3, -0.25) is 5.01 Å². The number of hydrogen-bond acceptors (Lipinski definition) is 7. The molecule has 0 radical (unpaired) electrons. The molecule has 8 heteroatoms. The maximum Gasteiger partial charge on any atom is 0.182 e. The summed E-state index contributed by atoms with van der Waals surface area (Å²) < 4.78 is 18.0. The fourth-order valence-corrected chi connectivity index (χ4v) is 3.10. The number of aliphatic hydroxyl groups is 2. The van der Waals surface area contributed by atoms with E-state index in [-0.39, 0.29) is 18.2 Å². The molecular weight excluding hydrogens is 303 g/mol. The standard InChI is InChI=1S/C15H29FN4O3/c1-10(8-16)20-9-12(17-19(20)4)5-6-18(3)13-7-11(2)23-15(22)14(13)21/h9-11,13-15,17,21-22H,5-8H2,1-4H3. The van der Waals surface area contributed by atoms with E-state index in [2.05, 4.69) is 5.43 Å². The first kappa shape index (κ1) is 18.4. The second kappa shape index (κ2) is 7.76. The maximum absolute atomic E-state index is 12.8. The van der Waals surface area contributed by atoms with Crippen LogP contribution in [-0.4, -0.2) is 83.1 Å². The third kappa shape index (κ3) is 4.33. The van der Waals surface area contributed by atoms with Crippen LogP contribution in [0.25, 0.3) is 0 Å². The molecule has 5 unspecified atom stereocenters. The Morgan fingerprint density at radius 2 is 2.22 bits per heavy atom. The fraction of sp³-hybridized carbons (Fsp3) is 0.867. The van der Waals surface area contributed by atoms with Gasteiger partial charge in [0.2, 0.25) is 0 Å². The van der Waals surface area contributed by atoms with Gasteiger partial charge in [0.1, 0.15) is 12.8 Å². The van der Waals surface area contributed by atoms with E-state index in [1.54, 1.807) is 5.12 Å². The molecule has 23 heavy (non-hydrogen) atoms. The number of hydrogen-bond donors (Lipinski definition) is 3. The Kier molecular flexibility index (Phi) is 6.21. The Labute approximate surface area is 137 Å². The Bertz CT molecular complexity index is 426. The van der Waals surface area contributed by atoms with E-state index in [1.807, 2.05) is 44.1 Å². The number of hydrazine groups is 2. The van der Waals surface area contributed by atoms with Crippen LogP contribution in [0.15, 0.2) is 11.9 Å². The summed E-state index contributed by atoms with van der Waals surface area (Å²) in [5.41, 5.74) is 4.19. The van der Waals surface area contributed by atoms with E-state index >= 15 is 0 Å². The van der Waals surface area contributed by atoms with Crippen LogP contribution in [0.2, 0.25) is 0 Å². The van der Waals surface area contributed by atoms with Crippen LogP contribution in [0.1, 0.15) is 26.7 Å². The molecule has 2 aliphatic heterocycles. The molecule has 5 atom stereocenters. The minimum atomic E-state index is -1.14. The molecule has 0 aliphatic carbocycles. The molecule has 7 nitrogen and oxygen atoms in total. The van der Waals surface area contributed by atoms with E-state index in [0.29, 0.717) is 13.0 Å². The molecule has 0 spiro atoms. The minimum absolute atomic E-state index is 0.0864. The average molecular weight is 332 g/mol. The molecule has 1 saturated heterocycles. The third-order valence-electron chi connectivity index (χ3n) is 4.55. The number of nitrogens with zero attached hydrogens (tertiary/aromatic N) is 3. The number of rotatable bonds is 6. The van der Waals surface area contributed by atoms with Crippen LogP contribution in [-0.2, 0) is 4.74 Å². The highest BCUT2D eigenvalue weighted by Gasteiger charge is 2.37. The number of ether oxygens (including phenoxy) is 1. The Balaban J connectivity index is 1.88.